The maximum absolute atomic E-state index is 6.25. The molecule has 0 saturated heterocycles. The molecule has 0 saturated carbocycles. The van der Waals surface area contributed by atoms with E-state index in [0.717, 1.165) is 31.0 Å². The van der Waals surface area contributed by atoms with Crippen molar-refractivity contribution in [3.63, 3.8) is 0 Å². The zero-order valence-electron chi connectivity index (χ0n) is 12.4. The molecule has 0 aromatic carbocycles. The average molecular weight is 249 g/mol. The standard InChI is InChI=1S/C15H27N3/c1-6-18(11-14(16)15(3,4)5)10-13-9-7-8-12(2)17-13/h7-9,14H,6,10-11,16H2,1-5H3. The van der Waals surface area contributed by atoms with Crippen LogP contribution in [0.3, 0.4) is 0 Å². The van der Waals surface area contributed by atoms with Crippen LogP contribution in [0, 0.1) is 12.3 Å². The van der Waals surface area contributed by atoms with E-state index in [4.69, 9.17) is 5.73 Å². The smallest absolute Gasteiger partial charge is 0.0547 e. The lowest BCUT2D eigenvalue weighted by molar-refractivity contribution is 0.198. The summed E-state index contributed by atoms with van der Waals surface area (Å²) in [5.41, 5.74) is 8.59. The first kappa shape index (κ1) is 15.1. The molecule has 1 heterocycles. The fourth-order valence-electron chi connectivity index (χ4n) is 1.77. The SMILES string of the molecule is CCN(Cc1cccc(C)n1)CC(N)C(C)(C)C. The van der Waals surface area contributed by atoms with Crippen molar-refractivity contribution in [3.8, 4) is 0 Å². The van der Waals surface area contributed by atoms with Gasteiger partial charge in [-0.3, -0.25) is 9.88 Å². The quantitative estimate of drug-likeness (QED) is 0.872. The van der Waals surface area contributed by atoms with E-state index in [1.807, 2.05) is 13.0 Å². The number of pyridine rings is 1. The third kappa shape index (κ3) is 4.75. The van der Waals surface area contributed by atoms with Crippen molar-refractivity contribution in [1.29, 1.82) is 0 Å². The number of hydrogen-bond acceptors (Lipinski definition) is 3. The topological polar surface area (TPSA) is 42.2 Å². The molecule has 0 aliphatic heterocycles. The van der Waals surface area contributed by atoms with Gasteiger partial charge in [-0.05, 0) is 31.0 Å². The van der Waals surface area contributed by atoms with Crippen LogP contribution in [0.1, 0.15) is 39.1 Å². The Hall–Kier alpha value is -0.930. The van der Waals surface area contributed by atoms with Gasteiger partial charge in [-0.1, -0.05) is 33.8 Å². The molecule has 3 heteroatoms. The molecular weight excluding hydrogens is 222 g/mol. The van der Waals surface area contributed by atoms with E-state index in [1.54, 1.807) is 0 Å². The summed E-state index contributed by atoms with van der Waals surface area (Å²) in [5, 5.41) is 0. The maximum atomic E-state index is 6.25. The van der Waals surface area contributed by atoms with E-state index in [-0.39, 0.29) is 11.5 Å². The monoisotopic (exact) mass is 249 g/mol. The van der Waals surface area contributed by atoms with Gasteiger partial charge in [-0.25, -0.2) is 0 Å². The molecule has 3 nitrogen and oxygen atoms in total. The van der Waals surface area contributed by atoms with E-state index >= 15 is 0 Å². The Morgan fingerprint density at radius 2 is 2.00 bits per heavy atom. The Morgan fingerprint density at radius 1 is 1.33 bits per heavy atom. The van der Waals surface area contributed by atoms with Gasteiger partial charge in [0.1, 0.15) is 0 Å². The first-order valence-electron chi connectivity index (χ1n) is 6.73. The number of nitrogens with two attached hydrogens (primary N) is 1. The predicted octanol–water partition coefficient (Wildman–Crippen LogP) is 2.59. The lowest BCUT2D eigenvalue weighted by Crippen LogP contribution is -2.45. The molecule has 0 spiro atoms. The van der Waals surface area contributed by atoms with Crippen LogP contribution in [0.4, 0.5) is 0 Å². The molecule has 0 aliphatic carbocycles. The van der Waals surface area contributed by atoms with Crippen molar-refractivity contribution in [2.75, 3.05) is 13.1 Å². The molecule has 1 atom stereocenters. The minimum Gasteiger partial charge on any atom is -0.326 e. The van der Waals surface area contributed by atoms with Gasteiger partial charge >= 0.3 is 0 Å². The molecule has 0 amide bonds. The minimum atomic E-state index is 0.146. The Balaban J connectivity index is 2.63. The second kappa shape index (κ2) is 6.30. The van der Waals surface area contributed by atoms with Crippen LogP contribution in [-0.2, 0) is 6.54 Å². The highest BCUT2D eigenvalue weighted by Crippen LogP contribution is 2.18. The summed E-state index contributed by atoms with van der Waals surface area (Å²) >= 11 is 0. The van der Waals surface area contributed by atoms with Crippen molar-refractivity contribution in [1.82, 2.24) is 9.88 Å². The Kier molecular flexibility index (Phi) is 5.29. The van der Waals surface area contributed by atoms with E-state index < -0.39 is 0 Å². The molecule has 0 radical (unpaired) electrons. The summed E-state index contributed by atoms with van der Waals surface area (Å²) < 4.78 is 0. The molecule has 1 aromatic rings. The van der Waals surface area contributed by atoms with Gasteiger partial charge in [0, 0.05) is 24.8 Å². The molecule has 1 unspecified atom stereocenters. The van der Waals surface area contributed by atoms with Crippen LogP contribution in [0.2, 0.25) is 0 Å². The van der Waals surface area contributed by atoms with Gasteiger partial charge in [0.15, 0.2) is 0 Å². The van der Waals surface area contributed by atoms with Gasteiger partial charge in [-0.15, -0.1) is 0 Å². The highest BCUT2D eigenvalue weighted by atomic mass is 15.1. The van der Waals surface area contributed by atoms with Crippen LogP contribution in [-0.4, -0.2) is 29.0 Å². The summed E-state index contributed by atoms with van der Waals surface area (Å²) in [6, 6.07) is 6.36. The van der Waals surface area contributed by atoms with Crippen molar-refractivity contribution in [2.45, 2.75) is 47.2 Å². The molecule has 18 heavy (non-hydrogen) atoms. The number of nitrogens with zero attached hydrogens (tertiary/aromatic N) is 2. The second-order valence-electron chi connectivity index (χ2n) is 6.07. The zero-order valence-corrected chi connectivity index (χ0v) is 12.4. The Bertz CT molecular complexity index is 368. The van der Waals surface area contributed by atoms with Gasteiger partial charge in [0.2, 0.25) is 0 Å². The lowest BCUT2D eigenvalue weighted by Gasteiger charge is -2.32. The van der Waals surface area contributed by atoms with E-state index in [0.29, 0.717) is 0 Å². The highest BCUT2D eigenvalue weighted by Gasteiger charge is 2.22. The first-order valence-corrected chi connectivity index (χ1v) is 6.73. The van der Waals surface area contributed by atoms with Crippen molar-refractivity contribution < 1.29 is 0 Å². The average Bonchev–Trinajstić information content (AvgIpc) is 2.26. The third-order valence-corrected chi connectivity index (χ3v) is 3.35. The first-order chi connectivity index (χ1) is 8.32. The number of rotatable bonds is 5. The Labute approximate surface area is 111 Å². The van der Waals surface area contributed by atoms with Crippen LogP contribution in [0.15, 0.2) is 18.2 Å². The molecule has 2 N–H and O–H groups in total. The number of aryl methyl sites for hydroxylation is 1. The summed E-state index contributed by atoms with van der Waals surface area (Å²) in [7, 11) is 0. The van der Waals surface area contributed by atoms with Crippen molar-refractivity contribution in [3.05, 3.63) is 29.6 Å². The van der Waals surface area contributed by atoms with E-state index in [2.05, 4.69) is 49.7 Å². The van der Waals surface area contributed by atoms with Crippen LogP contribution >= 0.6 is 0 Å². The van der Waals surface area contributed by atoms with Gasteiger partial charge in [0.25, 0.3) is 0 Å². The van der Waals surface area contributed by atoms with Crippen LogP contribution in [0.5, 0.6) is 0 Å². The minimum absolute atomic E-state index is 0.146. The molecule has 1 rings (SSSR count). The fourth-order valence-corrected chi connectivity index (χ4v) is 1.77. The van der Waals surface area contributed by atoms with E-state index in [1.165, 1.54) is 0 Å². The van der Waals surface area contributed by atoms with Crippen LogP contribution < -0.4 is 5.73 Å². The molecule has 0 aliphatic rings. The fraction of sp³-hybridized carbons (Fsp3) is 0.667. The number of hydrogen-bond donors (Lipinski definition) is 1. The summed E-state index contributed by atoms with van der Waals surface area (Å²) in [6.45, 7) is 13.6. The lowest BCUT2D eigenvalue weighted by atomic mass is 9.87. The van der Waals surface area contributed by atoms with E-state index in [9.17, 15) is 0 Å². The van der Waals surface area contributed by atoms with Gasteiger partial charge < -0.3 is 5.73 Å². The normalized spacial score (nSPS) is 13.9. The summed E-state index contributed by atoms with van der Waals surface area (Å²) in [6.07, 6.45) is 0. The molecule has 1 aromatic heterocycles. The van der Waals surface area contributed by atoms with Gasteiger partial charge in [0.05, 0.1) is 5.69 Å². The highest BCUT2D eigenvalue weighted by molar-refractivity contribution is 5.09. The summed E-state index contributed by atoms with van der Waals surface area (Å²) in [4.78, 5) is 6.91. The Morgan fingerprint density at radius 3 is 2.50 bits per heavy atom. The third-order valence-electron chi connectivity index (χ3n) is 3.35. The van der Waals surface area contributed by atoms with Crippen molar-refractivity contribution >= 4 is 0 Å². The molecule has 0 bridgehead atoms. The molecule has 102 valence electrons. The predicted molar refractivity (Wildman–Crippen MR) is 77.4 cm³/mol. The largest absolute Gasteiger partial charge is 0.326 e. The zero-order chi connectivity index (χ0) is 13.8. The van der Waals surface area contributed by atoms with Crippen molar-refractivity contribution in [2.24, 2.45) is 11.1 Å². The second-order valence-corrected chi connectivity index (χ2v) is 6.07. The molecule has 0 fully saturated rings. The summed E-state index contributed by atoms with van der Waals surface area (Å²) in [5.74, 6) is 0. The number of likely N-dealkylation sites (N-methyl/N-ethyl adjacent to an activating group) is 1. The number of aromatic nitrogens is 1. The maximum Gasteiger partial charge on any atom is 0.0547 e. The molecular formula is C15H27N3. The van der Waals surface area contributed by atoms with Crippen LogP contribution in [0.25, 0.3) is 0 Å². The van der Waals surface area contributed by atoms with Gasteiger partial charge in [-0.2, -0.15) is 0 Å².